The maximum absolute atomic E-state index is 13.2. The Kier molecular flexibility index (Phi) is 5.14. The average molecular weight is 395 g/mol. The van der Waals surface area contributed by atoms with Crippen molar-refractivity contribution in [3.8, 4) is 0 Å². The SMILES string of the molecule is C=CC(=C)[C@@H]1C[C@@H](OC(=O)CCl)[C@]2(C)C(C)CC[C@]3(CCC(=O)[C@]32O)[C@H]1C. The fourth-order valence-electron chi connectivity index (χ4n) is 6.63. The van der Waals surface area contributed by atoms with E-state index in [0.717, 1.165) is 18.4 Å². The number of ketones is 1. The van der Waals surface area contributed by atoms with Crippen LogP contribution in [0.25, 0.3) is 0 Å². The van der Waals surface area contributed by atoms with Crippen LogP contribution in [0, 0.1) is 28.6 Å². The van der Waals surface area contributed by atoms with Gasteiger partial charge in [-0.3, -0.25) is 9.59 Å². The summed E-state index contributed by atoms with van der Waals surface area (Å²) in [6, 6.07) is 0. The van der Waals surface area contributed by atoms with Crippen molar-refractivity contribution in [1.82, 2.24) is 0 Å². The fourth-order valence-corrected chi connectivity index (χ4v) is 6.70. The Morgan fingerprint density at radius 1 is 1.41 bits per heavy atom. The molecule has 0 amide bonds. The molecule has 0 spiro atoms. The number of carbonyl (C=O) groups is 2. The molecule has 0 radical (unpaired) electrons. The summed E-state index contributed by atoms with van der Waals surface area (Å²) in [7, 11) is 0. The van der Waals surface area contributed by atoms with Crippen LogP contribution in [0.4, 0.5) is 0 Å². The molecule has 0 aromatic carbocycles. The van der Waals surface area contributed by atoms with Crippen molar-refractivity contribution in [3.63, 3.8) is 0 Å². The van der Waals surface area contributed by atoms with Gasteiger partial charge in [0.25, 0.3) is 0 Å². The van der Waals surface area contributed by atoms with Crippen molar-refractivity contribution in [1.29, 1.82) is 0 Å². The van der Waals surface area contributed by atoms with Gasteiger partial charge in [-0.2, -0.15) is 0 Å². The molecular weight excluding hydrogens is 364 g/mol. The topological polar surface area (TPSA) is 63.6 Å². The van der Waals surface area contributed by atoms with Crippen LogP contribution in [0.15, 0.2) is 24.8 Å². The summed E-state index contributed by atoms with van der Waals surface area (Å²) in [5, 5.41) is 12.1. The van der Waals surface area contributed by atoms with E-state index < -0.39 is 28.5 Å². The monoisotopic (exact) mass is 394 g/mol. The summed E-state index contributed by atoms with van der Waals surface area (Å²) >= 11 is 5.72. The van der Waals surface area contributed by atoms with Gasteiger partial charge in [0.2, 0.25) is 0 Å². The molecule has 5 heteroatoms. The molecule has 3 rings (SSSR count). The molecular formula is C22H31ClO4. The Bertz CT molecular complexity index is 688. The Labute approximate surface area is 167 Å². The van der Waals surface area contributed by atoms with Crippen molar-refractivity contribution in [3.05, 3.63) is 24.8 Å². The lowest BCUT2D eigenvalue weighted by Crippen LogP contribution is -2.69. The lowest BCUT2D eigenvalue weighted by Gasteiger charge is -2.60. The number of hydrogen-bond donors (Lipinski definition) is 1. The van der Waals surface area contributed by atoms with E-state index in [0.29, 0.717) is 19.3 Å². The summed E-state index contributed by atoms with van der Waals surface area (Å²) < 4.78 is 5.81. The van der Waals surface area contributed by atoms with Gasteiger partial charge in [-0.15, -0.1) is 11.6 Å². The molecule has 3 fully saturated rings. The number of Topliss-reactive ketones (excluding diaryl/α,β-unsaturated/α-hetero) is 1. The van der Waals surface area contributed by atoms with E-state index in [-0.39, 0.29) is 29.4 Å². The Morgan fingerprint density at radius 3 is 2.67 bits per heavy atom. The van der Waals surface area contributed by atoms with E-state index in [1.165, 1.54) is 0 Å². The lowest BCUT2D eigenvalue weighted by molar-refractivity contribution is -0.234. The zero-order valence-electron chi connectivity index (χ0n) is 16.6. The summed E-state index contributed by atoms with van der Waals surface area (Å²) in [5.41, 5.74) is -2.02. The first-order valence-electron chi connectivity index (χ1n) is 9.92. The average Bonchev–Trinajstić information content (AvgIpc) is 2.92. The molecule has 3 aliphatic rings. The number of allylic oxidation sites excluding steroid dienone is 2. The predicted octanol–water partition coefficient (Wildman–Crippen LogP) is 4.05. The van der Waals surface area contributed by atoms with Gasteiger partial charge in [-0.1, -0.05) is 45.6 Å². The van der Waals surface area contributed by atoms with Crippen LogP contribution in [0.5, 0.6) is 0 Å². The number of halogens is 1. The van der Waals surface area contributed by atoms with Gasteiger partial charge < -0.3 is 9.84 Å². The first-order chi connectivity index (χ1) is 12.6. The van der Waals surface area contributed by atoms with E-state index in [1.807, 2.05) is 6.92 Å². The van der Waals surface area contributed by atoms with E-state index >= 15 is 0 Å². The number of aliphatic hydroxyl groups is 1. The third-order valence-electron chi connectivity index (χ3n) is 8.48. The van der Waals surface area contributed by atoms with Crippen molar-refractivity contribution in [2.24, 2.45) is 28.6 Å². The smallest absolute Gasteiger partial charge is 0.321 e. The number of esters is 1. The molecule has 3 saturated carbocycles. The van der Waals surface area contributed by atoms with Crippen LogP contribution in [-0.4, -0.2) is 34.4 Å². The van der Waals surface area contributed by atoms with E-state index in [2.05, 4.69) is 27.0 Å². The highest BCUT2D eigenvalue weighted by Gasteiger charge is 2.76. The molecule has 0 aromatic heterocycles. The molecule has 27 heavy (non-hydrogen) atoms. The largest absolute Gasteiger partial charge is 0.461 e. The van der Waals surface area contributed by atoms with E-state index in [4.69, 9.17) is 16.3 Å². The Hall–Kier alpha value is -1.13. The van der Waals surface area contributed by atoms with Crippen LogP contribution >= 0.6 is 11.6 Å². The summed E-state index contributed by atoms with van der Waals surface area (Å²) in [6.45, 7) is 14.2. The molecule has 0 aromatic rings. The second kappa shape index (κ2) is 6.73. The molecule has 1 N–H and O–H groups in total. The van der Waals surface area contributed by atoms with Gasteiger partial charge >= 0.3 is 5.97 Å². The van der Waals surface area contributed by atoms with Gasteiger partial charge in [0, 0.05) is 17.3 Å². The number of ether oxygens (including phenoxy) is 1. The highest BCUT2D eigenvalue weighted by molar-refractivity contribution is 6.26. The van der Waals surface area contributed by atoms with Gasteiger partial charge in [-0.25, -0.2) is 0 Å². The molecule has 1 unspecified atom stereocenters. The zero-order chi connectivity index (χ0) is 20.2. The maximum atomic E-state index is 13.2. The zero-order valence-corrected chi connectivity index (χ0v) is 17.3. The second-order valence-electron chi connectivity index (χ2n) is 9.03. The lowest BCUT2D eigenvalue weighted by atomic mass is 9.46. The Balaban J connectivity index is 2.25. The maximum Gasteiger partial charge on any atom is 0.321 e. The van der Waals surface area contributed by atoms with Crippen molar-refractivity contribution in [2.75, 3.05) is 5.88 Å². The normalized spacial score (nSPS) is 46.3. The van der Waals surface area contributed by atoms with Gasteiger partial charge in [0.05, 0.1) is 0 Å². The van der Waals surface area contributed by atoms with Crippen LogP contribution < -0.4 is 0 Å². The van der Waals surface area contributed by atoms with Crippen molar-refractivity contribution >= 4 is 23.4 Å². The third-order valence-corrected chi connectivity index (χ3v) is 8.70. The molecule has 0 aliphatic heterocycles. The van der Waals surface area contributed by atoms with Crippen molar-refractivity contribution in [2.45, 2.75) is 64.6 Å². The van der Waals surface area contributed by atoms with Gasteiger partial charge in [0.15, 0.2) is 5.78 Å². The van der Waals surface area contributed by atoms with E-state index in [9.17, 15) is 14.7 Å². The standard InChI is InChI=1S/C22H31ClO4/c1-6-13(2)16-11-18(27-19(25)12-23)20(5)14(3)7-9-21(15(16)4)10-8-17(24)22(20,21)26/h6,14-16,18,26H,1-2,7-12H2,3-5H3/t14?,15-,16-,18+,20-,21-,22+/m0/s1. The molecule has 0 saturated heterocycles. The number of carbonyl (C=O) groups excluding carboxylic acids is 2. The van der Waals surface area contributed by atoms with Crippen LogP contribution in [0.3, 0.4) is 0 Å². The summed E-state index contributed by atoms with van der Waals surface area (Å²) in [5.74, 6) is -0.820. The minimum absolute atomic E-state index is 0.0137. The highest BCUT2D eigenvalue weighted by atomic mass is 35.5. The first kappa shape index (κ1) is 20.6. The second-order valence-corrected chi connectivity index (χ2v) is 9.30. The van der Waals surface area contributed by atoms with E-state index in [1.54, 1.807) is 6.08 Å². The first-order valence-corrected chi connectivity index (χ1v) is 10.5. The minimum atomic E-state index is -1.51. The number of rotatable bonds is 4. The summed E-state index contributed by atoms with van der Waals surface area (Å²) in [4.78, 5) is 25.3. The van der Waals surface area contributed by atoms with Crippen LogP contribution in [-0.2, 0) is 14.3 Å². The number of alkyl halides is 1. The predicted molar refractivity (Wildman–Crippen MR) is 105 cm³/mol. The summed E-state index contributed by atoms with van der Waals surface area (Å²) in [6.07, 6.45) is 4.39. The van der Waals surface area contributed by atoms with Crippen molar-refractivity contribution < 1.29 is 19.4 Å². The quantitative estimate of drug-likeness (QED) is 0.444. The molecule has 3 aliphatic carbocycles. The highest BCUT2D eigenvalue weighted by Crippen LogP contribution is 2.70. The van der Waals surface area contributed by atoms with Gasteiger partial charge in [-0.05, 0) is 43.4 Å². The minimum Gasteiger partial charge on any atom is -0.461 e. The van der Waals surface area contributed by atoms with Crippen LogP contribution in [0.2, 0.25) is 0 Å². The van der Waals surface area contributed by atoms with Crippen LogP contribution in [0.1, 0.15) is 52.9 Å². The Morgan fingerprint density at radius 2 is 2.07 bits per heavy atom. The number of hydrogen-bond acceptors (Lipinski definition) is 4. The van der Waals surface area contributed by atoms with Gasteiger partial charge in [0.1, 0.15) is 17.6 Å². The molecule has 150 valence electrons. The molecule has 0 heterocycles. The molecule has 4 nitrogen and oxygen atoms in total. The fraction of sp³-hybridized carbons (Fsp3) is 0.727. The third kappa shape index (κ3) is 2.45. The molecule has 7 atom stereocenters. The molecule has 2 bridgehead atoms.